The van der Waals surface area contributed by atoms with E-state index in [9.17, 15) is 0 Å². The van der Waals surface area contributed by atoms with Crippen LogP contribution in [0.25, 0.3) is 94.4 Å². The van der Waals surface area contributed by atoms with Gasteiger partial charge in [0.2, 0.25) is 5.95 Å². The molecule has 63 heavy (non-hydrogen) atoms. The minimum Gasteiger partial charge on any atom is -0.456 e. The molecule has 0 spiro atoms. The number of aliphatic imine (C=N–C) groups is 1. The monoisotopic (exact) mass is 828 g/mol. The summed E-state index contributed by atoms with van der Waals surface area (Å²) in [5.41, 5.74) is 10.3. The second-order valence-electron chi connectivity index (χ2n) is 15.6. The number of nitrogens with zero attached hydrogens (tertiary/aromatic N) is 5. The molecule has 8 heteroatoms. The lowest BCUT2D eigenvalue weighted by Gasteiger charge is -2.26. The lowest BCUT2D eigenvalue weighted by atomic mass is 9.97. The van der Waals surface area contributed by atoms with E-state index in [1.165, 1.54) is 9.58 Å². The van der Waals surface area contributed by atoms with Crippen LogP contribution in [0.5, 0.6) is 0 Å². The van der Waals surface area contributed by atoms with Gasteiger partial charge in [0, 0.05) is 48.5 Å². The van der Waals surface area contributed by atoms with E-state index in [0.29, 0.717) is 40.3 Å². The first-order valence-corrected chi connectivity index (χ1v) is 21.6. The van der Waals surface area contributed by atoms with Crippen LogP contribution in [-0.4, -0.2) is 25.4 Å². The maximum Gasteiger partial charge on any atom is 0.238 e. The van der Waals surface area contributed by atoms with Gasteiger partial charge in [-0.2, -0.15) is 9.97 Å². The van der Waals surface area contributed by atoms with Crippen molar-refractivity contribution in [2.45, 2.75) is 6.04 Å². The van der Waals surface area contributed by atoms with Gasteiger partial charge in [-0.1, -0.05) is 153 Å². The molecule has 0 bridgehead atoms. The minimum absolute atomic E-state index is 0.117. The van der Waals surface area contributed by atoms with Crippen molar-refractivity contribution in [1.82, 2.24) is 24.8 Å². The summed E-state index contributed by atoms with van der Waals surface area (Å²) in [6.07, 6.45) is 1.74. The van der Waals surface area contributed by atoms with Crippen LogP contribution in [0.3, 0.4) is 0 Å². The van der Waals surface area contributed by atoms with Crippen molar-refractivity contribution in [2.75, 3.05) is 0 Å². The fourth-order valence-corrected chi connectivity index (χ4v) is 10.2. The van der Waals surface area contributed by atoms with Crippen molar-refractivity contribution in [2.24, 2.45) is 4.99 Å². The van der Waals surface area contributed by atoms with Gasteiger partial charge < -0.3 is 9.73 Å². The molecular formula is C55H36N6OS. The van der Waals surface area contributed by atoms with Crippen molar-refractivity contribution in [3.63, 3.8) is 0 Å². The van der Waals surface area contributed by atoms with E-state index in [2.05, 4.69) is 138 Å². The van der Waals surface area contributed by atoms with Crippen LogP contribution in [0.2, 0.25) is 0 Å². The molecule has 11 aromatic rings. The lowest BCUT2D eigenvalue weighted by molar-refractivity contribution is 0.603. The van der Waals surface area contributed by atoms with Crippen LogP contribution in [0.1, 0.15) is 27.8 Å². The number of amidine groups is 1. The van der Waals surface area contributed by atoms with Crippen LogP contribution in [0.15, 0.2) is 198 Å². The maximum absolute atomic E-state index is 6.49. The van der Waals surface area contributed by atoms with Crippen LogP contribution in [0, 0.1) is 0 Å². The van der Waals surface area contributed by atoms with Crippen molar-refractivity contribution < 1.29 is 4.42 Å². The first-order chi connectivity index (χ1) is 31.1. The van der Waals surface area contributed by atoms with E-state index in [4.69, 9.17) is 30.9 Å². The van der Waals surface area contributed by atoms with Gasteiger partial charge in [-0.15, -0.1) is 11.3 Å². The molecule has 0 radical (unpaired) electrons. The molecule has 12 rings (SSSR count). The van der Waals surface area contributed by atoms with Crippen LogP contribution >= 0.6 is 11.3 Å². The van der Waals surface area contributed by atoms with Crippen molar-refractivity contribution in [3.05, 3.63) is 211 Å². The van der Waals surface area contributed by atoms with E-state index in [1.54, 1.807) is 17.4 Å². The molecule has 7 aromatic carbocycles. The largest absolute Gasteiger partial charge is 0.456 e. The predicted octanol–water partition coefficient (Wildman–Crippen LogP) is 14.0. The first-order valence-electron chi connectivity index (χ1n) is 20.8. The molecule has 298 valence electrons. The summed E-state index contributed by atoms with van der Waals surface area (Å²) in [6, 6.07) is 60.4. The minimum atomic E-state index is -0.117. The fourth-order valence-electron chi connectivity index (χ4n) is 8.98. The van der Waals surface area contributed by atoms with Gasteiger partial charge in [-0.25, -0.2) is 9.98 Å². The van der Waals surface area contributed by atoms with Gasteiger partial charge in [-0.3, -0.25) is 4.57 Å². The summed E-state index contributed by atoms with van der Waals surface area (Å²) in [5.74, 6) is 2.89. The third kappa shape index (κ3) is 6.02. The number of furan rings is 1. The standard InChI is InChI=1S/C55H36N6OS/c1-3-44-47(33(2)52-56-49(35-20-9-5-10-21-35)51-50(57-52)40-25-14-16-29-46(40)63-51)41-32-37(30-31-45(41)62-44)54-58-53(36-22-11-6-12-23-36)59-55(60-54)61-42-27-15-13-24-39(42)48-38(26-17-28-43(48)61)34-18-7-4-8-19-34/h3-32,49H,1-2H2,(H,56,57). The number of benzene rings is 7. The van der Waals surface area contributed by atoms with Crippen LogP contribution in [-0.2, 0) is 0 Å². The highest BCUT2D eigenvalue weighted by atomic mass is 32.1. The Kier molecular flexibility index (Phi) is 8.58. The summed E-state index contributed by atoms with van der Waals surface area (Å²) in [4.78, 5) is 22.1. The Balaban J connectivity index is 1.04. The van der Waals surface area contributed by atoms with Gasteiger partial charge in [0.1, 0.15) is 17.2 Å². The van der Waals surface area contributed by atoms with Gasteiger partial charge >= 0.3 is 0 Å². The van der Waals surface area contributed by atoms with Crippen LogP contribution < -0.4 is 5.32 Å². The smallest absolute Gasteiger partial charge is 0.238 e. The SMILES string of the molecule is C=Cc1oc2ccc(-c3nc(-c4ccccc4)nc(-n4c5ccccc5c5c(-c6ccccc6)cccc54)n3)cc2c1C(=C)C1=Nc2c(sc3ccccc23)C(c2ccccc2)N1. The molecule has 4 aromatic heterocycles. The Morgan fingerprint density at radius 2 is 1.30 bits per heavy atom. The summed E-state index contributed by atoms with van der Waals surface area (Å²) in [7, 11) is 0. The van der Waals surface area contributed by atoms with Crippen molar-refractivity contribution in [1.29, 1.82) is 0 Å². The highest BCUT2D eigenvalue weighted by Crippen LogP contribution is 2.47. The second kappa shape index (κ2) is 14.8. The summed E-state index contributed by atoms with van der Waals surface area (Å²) >= 11 is 1.77. The summed E-state index contributed by atoms with van der Waals surface area (Å²) < 4.78 is 9.84. The molecule has 0 fully saturated rings. The average Bonchev–Trinajstić information content (AvgIpc) is 4.03. The van der Waals surface area contributed by atoms with E-state index >= 15 is 0 Å². The van der Waals surface area contributed by atoms with Gasteiger partial charge in [0.25, 0.3) is 0 Å². The molecule has 0 amide bonds. The number of fused-ring (bicyclic) bond motifs is 7. The fraction of sp³-hybridized carbons (Fsp3) is 0.0182. The first kappa shape index (κ1) is 36.6. The third-order valence-corrected chi connectivity index (χ3v) is 13.1. The number of hydrogen-bond donors (Lipinski definition) is 1. The lowest BCUT2D eigenvalue weighted by Crippen LogP contribution is -2.32. The highest BCUT2D eigenvalue weighted by Gasteiger charge is 2.30. The third-order valence-electron chi connectivity index (χ3n) is 11.9. The molecule has 1 N–H and O–H groups in total. The summed E-state index contributed by atoms with van der Waals surface area (Å²) in [6.45, 7) is 8.85. The number of rotatable bonds is 8. The number of thiophene rings is 1. The Morgan fingerprint density at radius 1 is 0.635 bits per heavy atom. The van der Waals surface area contributed by atoms with E-state index in [1.807, 2.05) is 54.6 Å². The molecule has 7 nitrogen and oxygen atoms in total. The molecule has 0 saturated heterocycles. The Labute approximate surface area is 366 Å². The van der Waals surface area contributed by atoms with Gasteiger partial charge in [0.15, 0.2) is 11.6 Å². The van der Waals surface area contributed by atoms with E-state index in [0.717, 1.165) is 71.6 Å². The topological polar surface area (TPSA) is 81.1 Å². The quantitative estimate of drug-likeness (QED) is 0.165. The predicted molar refractivity (Wildman–Crippen MR) is 260 cm³/mol. The Bertz CT molecular complexity index is 3640. The summed E-state index contributed by atoms with van der Waals surface area (Å²) in [5, 5.41) is 8.00. The molecule has 1 unspecified atom stereocenters. The number of hydrogen-bond acceptors (Lipinski definition) is 7. The second-order valence-corrected chi connectivity index (χ2v) is 16.6. The molecule has 1 aliphatic heterocycles. The Morgan fingerprint density at radius 3 is 2.08 bits per heavy atom. The highest BCUT2D eigenvalue weighted by molar-refractivity contribution is 7.20. The molecule has 1 aliphatic rings. The molecule has 5 heterocycles. The maximum atomic E-state index is 6.49. The molecule has 1 atom stereocenters. The van der Waals surface area contributed by atoms with E-state index in [-0.39, 0.29) is 6.04 Å². The van der Waals surface area contributed by atoms with Crippen molar-refractivity contribution in [3.8, 4) is 39.9 Å². The zero-order valence-corrected chi connectivity index (χ0v) is 34.7. The zero-order valence-electron chi connectivity index (χ0n) is 33.9. The number of nitrogens with one attached hydrogen (secondary N) is 1. The van der Waals surface area contributed by atoms with Crippen LogP contribution in [0.4, 0.5) is 5.69 Å². The van der Waals surface area contributed by atoms with Gasteiger partial charge in [0.05, 0.1) is 27.6 Å². The molecule has 0 saturated carbocycles. The molecular weight excluding hydrogens is 793 g/mol. The molecule has 0 aliphatic carbocycles. The number of para-hydroxylation sites is 1. The van der Waals surface area contributed by atoms with Crippen molar-refractivity contribution >= 4 is 77.4 Å². The normalized spacial score (nSPS) is 13.6. The zero-order chi connectivity index (χ0) is 42.0. The van der Waals surface area contributed by atoms with Gasteiger partial charge in [-0.05, 0) is 59.2 Å². The number of aromatic nitrogens is 4. The average molecular weight is 829 g/mol. The van der Waals surface area contributed by atoms with E-state index < -0.39 is 0 Å². The Hall–Kier alpha value is -8.20.